The first kappa shape index (κ1) is 12.3. The Morgan fingerprint density at radius 1 is 1.61 bits per heavy atom. The van der Waals surface area contributed by atoms with E-state index >= 15 is 0 Å². The maximum Gasteiger partial charge on any atom is 0.319 e. The van der Waals surface area contributed by atoms with Crippen molar-refractivity contribution in [3.05, 3.63) is 24.0 Å². The van der Waals surface area contributed by atoms with E-state index in [1.807, 2.05) is 6.07 Å². The number of nitriles is 1. The summed E-state index contributed by atoms with van der Waals surface area (Å²) < 4.78 is 5.39. The number of carbonyl (C=O) groups excluding carboxylic acids is 1. The molecule has 1 aliphatic heterocycles. The zero-order valence-electron chi connectivity index (χ0n) is 9.85. The first-order chi connectivity index (χ1) is 8.78. The SMILES string of the molecule is N#Cc1ccc(NC(=O)NCC2CCCO2)cn1. The van der Waals surface area contributed by atoms with Gasteiger partial charge in [0.25, 0.3) is 0 Å². The molecule has 6 nitrogen and oxygen atoms in total. The average Bonchev–Trinajstić information content (AvgIpc) is 2.90. The highest BCUT2D eigenvalue weighted by atomic mass is 16.5. The third-order valence-corrected chi connectivity index (χ3v) is 2.65. The lowest BCUT2D eigenvalue weighted by molar-refractivity contribution is 0.112. The maximum atomic E-state index is 11.6. The second-order valence-electron chi connectivity index (χ2n) is 4.01. The van der Waals surface area contributed by atoms with Crippen LogP contribution in [0.5, 0.6) is 0 Å². The van der Waals surface area contributed by atoms with Crippen molar-refractivity contribution in [2.45, 2.75) is 18.9 Å². The average molecular weight is 246 g/mol. The Bertz CT molecular complexity index is 446. The summed E-state index contributed by atoms with van der Waals surface area (Å²) in [6.07, 6.45) is 3.60. The molecule has 2 amide bonds. The predicted molar refractivity (Wildman–Crippen MR) is 64.9 cm³/mol. The van der Waals surface area contributed by atoms with Crippen molar-refractivity contribution in [2.24, 2.45) is 0 Å². The normalized spacial score (nSPS) is 18.1. The number of pyridine rings is 1. The Morgan fingerprint density at radius 3 is 3.11 bits per heavy atom. The lowest BCUT2D eigenvalue weighted by atomic mass is 10.2. The van der Waals surface area contributed by atoms with E-state index in [1.54, 1.807) is 12.1 Å². The standard InChI is InChI=1S/C12H14N4O2/c13-6-9-3-4-10(7-14-9)16-12(17)15-8-11-2-1-5-18-11/h3-4,7,11H,1-2,5,8H2,(H2,15,16,17). The molecular weight excluding hydrogens is 232 g/mol. The third kappa shape index (κ3) is 3.43. The number of carbonyl (C=O) groups is 1. The fourth-order valence-corrected chi connectivity index (χ4v) is 1.72. The van der Waals surface area contributed by atoms with E-state index in [2.05, 4.69) is 15.6 Å². The van der Waals surface area contributed by atoms with Crippen LogP contribution in [-0.4, -0.2) is 30.3 Å². The molecule has 1 saturated heterocycles. The summed E-state index contributed by atoms with van der Waals surface area (Å²) in [5, 5.41) is 14.0. The Labute approximate surface area is 105 Å². The largest absolute Gasteiger partial charge is 0.376 e. The molecule has 2 heterocycles. The van der Waals surface area contributed by atoms with Crippen molar-refractivity contribution in [1.29, 1.82) is 5.26 Å². The van der Waals surface area contributed by atoms with Crippen molar-refractivity contribution in [1.82, 2.24) is 10.3 Å². The van der Waals surface area contributed by atoms with Gasteiger partial charge in [0, 0.05) is 13.2 Å². The van der Waals surface area contributed by atoms with Gasteiger partial charge in [-0.05, 0) is 25.0 Å². The minimum Gasteiger partial charge on any atom is -0.376 e. The summed E-state index contributed by atoms with van der Waals surface area (Å²) in [6, 6.07) is 4.81. The van der Waals surface area contributed by atoms with Gasteiger partial charge in [-0.25, -0.2) is 9.78 Å². The van der Waals surface area contributed by atoms with Crippen molar-refractivity contribution in [3.63, 3.8) is 0 Å². The number of aromatic nitrogens is 1. The van der Waals surface area contributed by atoms with Crippen LogP contribution in [0.25, 0.3) is 0 Å². The summed E-state index contributed by atoms with van der Waals surface area (Å²) in [5.74, 6) is 0. The molecule has 1 atom stereocenters. The fraction of sp³-hybridized carbons (Fsp3) is 0.417. The van der Waals surface area contributed by atoms with Crippen molar-refractivity contribution < 1.29 is 9.53 Å². The lowest BCUT2D eigenvalue weighted by Gasteiger charge is -2.11. The molecule has 0 saturated carbocycles. The molecular formula is C12H14N4O2. The number of anilines is 1. The van der Waals surface area contributed by atoms with Crippen LogP contribution in [0.1, 0.15) is 18.5 Å². The van der Waals surface area contributed by atoms with Crippen molar-refractivity contribution in [2.75, 3.05) is 18.5 Å². The number of hydrogen-bond donors (Lipinski definition) is 2. The number of nitrogens with one attached hydrogen (secondary N) is 2. The van der Waals surface area contributed by atoms with Crippen LogP contribution in [0.15, 0.2) is 18.3 Å². The molecule has 1 aromatic rings. The van der Waals surface area contributed by atoms with Gasteiger partial charge in [0.2, 0.25) is 0 Å². The van der Waals surface area contributed by atoms with Crippen LogP contribution in [0, 0.1) is 11.3 Å². The first-order valence-electron chi connectivity index (χ1n) is 5.80. The molecule has 0 spiro atoms. The molecule has 0 bridgehead atoms. The van der Waals surface area contributed by atoms with Gasteiger partial charge in [-0.2, -0.15) is 5.26 Å². The van der Waals surface area contributed by atoms with Crippen LogP contribution in [-0.2, 0) is 4.74 Å². The molecule has 6 heteroatoms. The van der Waals surface area contributed by atoms with Gasteiger partial charge in [0.05, 0.1) is 18.0 Å². The molecule has 0 aromatic carbocycles. The van der Waals surface area contributed by atoms with E-state index in [1.165, 1.54) is 6.20 Å². The number of urea groups is 1. The minimum atomic E-state index is -0.294. The lowest BCUT2D eigenvalue weighted by Crippen LogP contribution is -2.35. The van der Waals surface area contributed by atoms with Crippen LogP contribution in [0.4, 0.5) is 10.5 Å². The van der Waals surface area contributed by atoms with E-state index in [0.29, 0.717) is 17.9 Å². The first-order valence-corrected chi connectivity index (χ1v) is 5.80. The highest BCUT2D eigenvalue weighted by molar-refractivity contribution is 5.89. The van der Waals surface area contributed by atoms with Gasteiger partial charge in [-0.1, -0.05) is 0 Å². The highest BCUT2D eigenvalue weighted by Crippen LogP contribution is 2.10. The van der Waals surface area contributed by atoms with Crippen LogP contribution in [0.3, 0.4) is 0 Å². The minimum absolute atomic E-state index is 0.120. The number of nitrogens with zero attached hydrogens (tertiary/aromatic N) is 2. The third-order valence-electron chi connectivity index (χ3n) is 2.65. The monoisotopic (exact) mass is 246 g/mol. The van der Waals surface area contributed by atoms with E-state index in [4.69, 9.17) is 10.00 Å². The fourth-order valence-electron chi connectivity index (χ4n) is 1.72. The zero-order chi connectivity index (χ0) is 12.8. The highest BCUT2D eigenvalue weighted by Gasteiger charge is 2.15. The number of amides is 2. The Morgan fingerprint density at radius 2 is 2.50 bits per heavy atom. The van der Waals surface area contributed by atoms with Gasteiger partial charge in [-0.15, -0.1) is 0 Å². The van der Waals surface area contributed by atoms with E-state index in [9.17, 15) is 4.79 Å². The molecule has 1 unspecified atom stereocenters. The quantitative estimate of drug-likeness (QED) is 0.840. The van der Waals surface area contributed by atoms with Gasteiger partial charge in [0.1, 0.15) is 11.8 Å². The zero-order valence-corrected chi connectivity index (χ0v) is 9.85. The van der Waals surface area contributed by atoms with E-state index in [-0.39, 0.29) is 12.1 Å². The molecule has 2 rings (SSSR count). The maximum absolute atomic E-state index is 11.6. The molecule has 1 fully saturated rings. The predicted octanol–water partition coefficient (Wildman–Crippen LogP) is 1.25. The van der Waals surface area contributed by atoms with Gasteiger partial charge < -0.3 is 15.4 Å². The summed E-state index contributed by atoms with van der Waals surface area (Å²) in [5.41, 5.74) is 0.874. The van der Waals surface area contributed by atoms with Gasteiger partial charge >= 0.3 is 6.03 Å². The Hall–Kier alpha value is -2.13. The Balaban J connectivity index is 1.77. The molecule has 0 radical (unpaired) electrons. The van der Waals surface area contributed by atoms with Gasteiger partial charge in [-0.3, -0.25) is 0 Å². The molecule has 94 valence electrons. The topological polar surface area (TPSA) is 87.0 Å². The molecule has 2 N–H and O–H groups in total. The summed E-state index contributed by atoms with van der Waals surface area (Å²) in [6.45, 7) is 1.28. The van der Waals surface area contributed by atoms with Crippen LogP contribution >= 0.6 is 0 Å². The number of rotatable bonds is 3. The smallest absolute Gasteiger partial charge is 0.319 e. The van der Waals surface area contributed by atoms with Gasteiger partial charge in [0.15, 0.2) is 0 Å². The second-order valence-corrected chi connectivity index (χ2v) is 4.01. The summed E-state index contributed by atoms with van der Waals surface area (Å²) in [7, 11) is 0. The molecule has 0 aliphatic carbocycles. The van der Waals surface area contributed by atoms with Crippen molar-refractivity contribution in [3.8, 4) is 6.07 Å². The van der Waals surface area contributed by atoms with Crippen molar-refractivity contribution >= 4 is 11.7 Å². The molecule has 18 heavy (non-hydrogen) atoms. The van der Waals surface area contributed by atoms with Crippen LogP contribution in [0.2, 0.25) is 0 Å². The molecule has 1 aromatic heterocycles. The second kappa shape index (κ2) is 5.98. The molecule has 1 aliphatic rings. The van der Waals surface area contributed by atoms with E-state index in [0.717, 1.165) is 19.4 Å². The number of hydrogen-bond acceptors (Lipinski definition) is 4. The summed E-state index contributed by atoms with van der Waals surface area (Å²) in [4.78, 5) is 15.4. The Kier molecular flexibility index (Phi) is 4.10. The van der Waals surface area contributed by atoms with E-state index < -0.39 is 0 Å². The number of ether oxygens (including phenoxy) is 1. The summed E-state index contributed by atoms with van der Waals surface area (Å²) >= 11 is 0. The van der Waals surface area contributed by atoms with Crippen LogP contribution < -0.4 is 10.6 Å².